The molecule has 4 heterocycles. The van der Waals surface area contributed by atoms with Crippen molar-refractivity contribution >= 4 is 28.9 Å². The third kappa shape index (κ3) is 3.95. The highest BCUT2D eigenvalue weighted by molar-refractivity contribution is 5.96. The molecule has 1 amide bonds. The molecule has 156 valence electrons. The third-order valence-corrected chi connectivity index (χ3v) is 5.18. The molecule has 0 saturated carbocycles. The molecule has 2 N–H and O–H groups in total. The summed E-state index contributed by atoms with van der Waals surface area (Å²) >= 11 is 0. The van der Waals surface area contributed by atoms with Crippen LogP contribution in [-0.4, -0.2) is 39.0 Å². The highest BCUT2D eigenvalue weighted by atomic mass is 16.5. The number of rotatable bonds is 4. The number of aromatic amines is 1. The van der Waals surface area contributed by atoms with Crippen LogP contribution in [0.3, 0.4) is 0 Å². The van der Waals surface area contributed by atoms with Gasteiger partial charge in [-0.1, -0.05) is 20.8 Å². The third-order valence-electron chi connectivity index (χ3n) is 5.18. The van der Waals surface area contributed by atoms with E-state index in [0.29, 0.717) is 34.7 Å². The van der Waals surface area contributed by atoms with E-state index in [1.807, 2.05) is 32.9 Å². The Morgan fingerprint density at radius 2 is 2.07 bits per heavy atom. The Morgan fingerprint density at radius 3 is 2.77 bits per heavy atom. The van der Waals surface area contributed by atoms with E-state index in [4.69, 9.17) is 4.74 Å². The molecule has 1 aliphatic rings. The molecule has 3 aromatic rings. The maximum atomic E-state index is 12.3. The molecule has 4 rings (SSSR count). The highest BCUT2D eigenvalue weighted by Gasteiger charge is 2.24. The second kappa shape index (κ2) is 7.95. The lowest BCUT2D eigenvalue weighted by Gasteiger charge is -2.23. The van der Waals surface area contributed by atoms with Gasteiger partial charge < -0.3 is 10.1 Å². The molecule has 0 aliphatic carbocycles. The smallest absolute Gasteiger partial charge is 0.229 e. The molecule has 1 fully saturated rings. The summed E-state index contributed by atoms with van der Waals surface area (Å²) in [6.45, 7) is 6.26. The number of aromatic nitrogens is 4. The molecule has 1 atom stereocenters. The maximum Gasteiger partial charge on any atom is 0.229 e. The van der Waals surface area contributed by atoms with Gasteiger partial charge in [0, 0.05) is 29.3 Å². The molecular weight excluding hydrogens is 382 g/mol. The molecule has 30 heavy (non-hydrogen) atoms. The summed E-state index contributed by atoms with van der Waals surface area (Å²) < 4.78 is 5.98. The van der Waals surface area contributed by atoms with E-state index in [1.165, 1.54) is 0 Å². The zero-order chi connectivity index (χ0) is 21.3. The van der Waals surface area contributed by atoms with Crippen molar-refractivity contribution in [3.63, 3.8) is 0 Å². The van der Waals surface area contributed by atoms with Crippen molar-refractivity contribution in [3.8, 4) is 11.3 Å². The Morgan fingerprint density at radius 1 is 1.23 bits per heavy atom. The Kier molecular flexibility index (Phi) is 5.34. The number of aldehydes is 1. The van der Waals surface area contributed by atoms with Gasteiger partial charge >= 0.3 is 0 Å². The van der Waals surface area contributed by atoms with Crippen molar-refractivity contribution in [2.75, 3.05) is 11.9 Å². The Balaban J connectivity index is 1.78. The first kappa shape index (κ1) is 20.2. The van der Waals surface area contributed by atoms with Crippen LogP contribution in [0.2, 0.25) is 0 Å². The molecular formula is C22H25N5O3. The number of pyridine rings is 2. The Hall–Kier alpha value is -3.13. The largest absolute Gasteiger partial charge is 0.373 e. The van der Waals surface area contributed by atoms with Gasteiger partial charge in [0.15, 0.2) is 6.29 Å². The van der Waals surface area contributed by atoms with Crippen LogP contribution in [0.5, 0.6) is 0 Å². The number of hydrogen-bond acceptors (Lipinski definition) is 6. The number of H-pyrrole nitrogens is 1. The molecule has 1 aliphatic heterocycles. The molecule has 0 spiro atoms. The Labute approximate surface area is 174 Å². The minimum atomic E-state index is -0.520. The van der Waals surface area contributed by atoms with Gasteiger partial charge in [-0.3, -0.25) is 19.7 Å². The topological polar surface area (TPSA) is 110 Å². The zero-order valence-corrected chi connectivity index (χ0v) is 17.4. The number of amides is 1. The van der Waals surface area contributed by atoms with E-state index in [1.54, 1.807) is 12.4 Å². The first-order chi connectivity index (χ1) is 14.4. The van der Waals surface area contributed by atoms with Crippen molar-refractivity contribution in [1.29, 1.82) is 0 Å². The van der Waals surface area contributed by atoms with E-state index in [-0.39, 0.29) is 12.0 Å². The van der Waals surface area contributed by atoms with Crippen LogP contribution in [0, 0.1) is 5.41 Å². The fourth-order valence-corrected chi connectivity index (χ4v) is 3.46. The predicted octanol–water partition coefficient (Wildman–Crippen LogP) is 4.06. The molecule has 0 bridgehead atoms. The van der Waals surface area contributed by atoms with Crippen LogP contribution in [0.25, 0.3) is 22.3 Å². The van der Waals surface area contributed by atoms with E-state index < -0.39 is 5.41 Å². The summed E-state index contributed by atoms with van der Waals surface area (Å²) in [6, 6.07) is 3.77. The standard InChI is InChI=1S/C22H25N5O3/c1-22(2,3)21(29)24-14-8-13(10-23-11-14)16-9-15(18-6-4-5-7-30-18)19-20(25-16)17(12-28)26-27-19/h8-12,18H,4-7H2,1-3H3,(H,24,29)(H,26,27). The lowest BCUT2D eigenvalue weighted by atomic mass is 9.95. The SMILES string of the molecule is CC(C)(C)C(=O)Nc1cncc(-c2cc(C3CCCCO3)c3n[nH]c(C=O)c3n2)c1. The monoisotopic (exact) mass is 407 g/mol. The lowest BCUT2D eigenvalue weighted by Crippen LogP contribution is -2.27. The number of hydrogen-bond donors (Lipinski definition) is 2. The molecule has 8 nitrogen and oxygen atoms in total. The summed E-state index contributed by atoms with van der Waals surface area (Å²) in [5.74, 6) is -0.0979. The number of nitrogens with zero attached hydrogens (tertiary/aromatic N) is 3. The minimum absolute atomic E-state index is 0.0949. The van der Waals surface area contributed by atoms with Crippen LogP contribution >= 0.6 is 0 Å². The van der Waals surface area contributed by atoms with Gasteiger partial charge in [-0.25, -0.2) is 4.98 Å². The summed E-state index contributed by atoms with van der Waals surface area (Å²) in [7, 11) is 0. The number of nitrogens with one attached hydrogen (secondary N) is 2. The Bertz CT molecular complexity index is 1090. The van der Waals surface area contributed by atoms with E-state index >= 15 is 0 Å². The fourth-order valence-electron chi connectivity index (χ4n) is 3.46. The summed E-state index contributed by atoms with van der Waals surface area (Å²) in [5, 5.41) is 9.98. The first-order valence-electron chi connectivity index (χ1n) is 10.1. The van der Waals surface area contributed by atoms with Gasteiger partial charge in [-0.05, 0) is 31.4 Å². The van der Waals surface area contributed by atoms with Crippen LogP contribution in [-0.2, 0) is 9.53 Å². The van der Waals surface area contributed by atoms with Crippen molar-refractivity contribution in [3.05, 3.63) is 35.8 Å². The summed E-state index contributed by atoms with van der Waals surface area (Å²) in [4.78, 5) is 32.8. The van der Waals surface area contributed by atoms with Gasteiger partial charge in [0.1, 0.15) is 16.7 Å². The van der Waals surface area contributed by atoms with Gasteiger partial charge in [0.25, 0.3) is 0 Å². The summed E-state index contributed by atoms with van der Waals surface area (Å²) in [5.41, 5.74) is 3.85. The maximum absolute atomic E-state index is 12.3. The van der Waals surface area contributed by atoms with Crippen LogP contribution in [0.1, 0.15) is 62.2 Å². The number of carbonyl (C=O) groups excluding carboxylic acids is 2. The van der Waals surface area contributed by atoms with Crippen molar-refractivity contribution in [2.24, 2.45) is 5.41 Å². The van der Waals surface area contributed by atoms with Crippen LogP contribution in [0.4, 0.5) is 5.69 Å². The number of anilines is 1. The number of fused-ring (bicyclic) bond motifs is 1. The minimum Gasteiger partial charge on any atom is -0.373 e. The molecule has 8 heteroatoms. The normalized spacial score (nSPS) is 17.1. The zero-order valence-electron chi connectivity index (χ0n) is 17.4. The average Bonchev–Trinajstić information content (AvgIpc) is 3.16. The predicted molar refractivity (Wildman–Crippen MR) is 113 cm³/mol. The van der Waals surface area contributed by atoms with E-state index in [9.17, 15) is 9.59 Å². The first-order valence-corrected chi connectivity index (χ1v) is 10.1. The fraction of sp³-hybridized carbons (Fsp3) is 0.409. The molecule has 0 radical (unpaired) electrons. The van der Waals surface area contributed by atoms with Crippen LogP contribution in [0.15, 0.2) is 24.5 Å². The van der Waals surface area contributed by atoms with Gasteiger partial charge in [0.05, 0.1) is 23.7 Å². The van der Waals surface area contributed by atoms with Gasteiger partial charge in [0.2, 0.25) is 5.91 Å². The average molecular weight is 407 g/mol. The van der Waals surface area contributed by atoms with Crippen molar-refractivity contribution < 1.29 is 14.3 Å². The summed E-state index contributed by atoms with van der Waals surface area (Å²) in [6.07, 6.45) is 6.92. The van der Waals surface area contributed by atoms with Crippen molar-refractivity contribution in [2.45, 2.75) is 46.1 Å². The second-order valence-electron chi connectivity index (χ2n) is 8.57. The molecule has 0 aromatic carbocycles. The van der Waals surface area contributed by atoms with Crippen LogP contribution < -0.4 is 5.32 Å². The quantitative estimate of drug-likeness (QED) is 0.631. The molecule has 1 saturated heterocycles. The second-order valence-corrected chi connectivity index (χ2v) is 8.57. The van der Waals surface area contributed by atoms with Gasteiger partial charge in [-0.2, -0.15) is 5.10 Å². The highest BCUT2D eigenvalue weighted by Crippen LogP contribution is 2.35. The van der Waals surface area contributed by atoms with E-state index in [0.717, 1.165) is 36.7 Å². The van der Waals surface area contributed by atoms with Gasteiger partial charge in [-0.15, -0.1) is 0 Å². The molecule has 1 unspecified atom stereocenters. The number of carbonyl (C=O) groups is 2. The molecule has 3 aromatic heterocycles. The number of ether oxygens (including phenoxy) is 1. The lowest BCUT2D eigenvalue weighted by molar-refractivity contribution is -0.123. The van der Waals surface area contributed by atoms with Crippen molar-refractivity contribution in [1.82, 2.24) is 20.2 Å². The van der Waals surface area contributed by atoms with E-state index in [2.05, 4.69) is 25.5 Å².